The van der Waals surface area contributed by atoms with Crippen LogP contribution in [0.1, 0.15) is 18.1 Å². The number of guanidine groups is 1. The average Bonchev–Trinajstić information content (AvgIpc) is 2.64. The molecular weight excluding hydrogens is 429 g/mol. The molecule has 2 rings (SSSR count). The number of aliphatic hydroxyl groups excluding tert-OH is 1. The van der Waals surface area contributed by atoms with Crippen molar-refractivity contribution in [3.63, 3.8) is 0 Å². The fourth-order valence-electron chi connectivity index (χ4n) is 2.23. The standard InChI is InChI=1S/C19H25N3O2.HI/c1-2-20-19(21-12-13-24-18-10-4-3-5-11-18)22-14-16-8-6-7-9-17(16)15-23;/h3-11,23H,2,12-15H2,1H3,(H2,20,21,22);1H. The van der Waals surface area contributed by atoms with Crippen molar-refractivity contribution in [2.24, 2.45) is 4.99 Å². The molecule has 0 aromatic heterocycles. The summed E-state index contributed by atoms with van der Waals surface area (Å²) in [6.45, 7) is 4.57. The number of nitrogens with zero attached hydrogens (tertiary/aromatic N) is 1. The second-order valence-electron chi connectivity index (χ2n) is 5.21. The van der Waals surface area contributed by atoms with Gasteiger partial charge in [-0.2, -0.15) is 0 Å². The molecule has 2 aromatic carbocycles. The zero-order chi connectivity index (χ0) is 17.0. The number of aliphatic imine (C=N–C) groups is 1. The first-order valence-electron chi connectivity index (χ1n) is 8.21. The Morgan fingerprint density at radius 1 is 1.00 bits per heavy atom. The van der Waals surface area contributed by atoms with Crippen LogP contribution in [0.4, 0.5) is 0 Å². The van der Waals surface area contributed by atoms with Gasteiger partial charge in [0.15, 0.2) is 5.96 Å². The molecule has 0 radical (unpaired) electrons. The van der Waals surface area contributed by atoms with Gasteiger partial charge in [0, 0.05) is 6.54 Å². The van der Waals surface area contributed by atoms with Gasteiger partial charge in [0.2, 0.25) is 0 Å². The highest BCUT2D eigenvalue weighted by molar-refractivity contribution is 14.0. The molecule has 0 aliphatic heterocycles. The third kappa shape index (κ3) is 7.74. The Kier molecular flexibility index (Phi) is 10.7. The molecule has 0 amide bonds. The minimum atomic E-state index is 0. The van der Waals surface area contributed by atoms with E-state index in [1.165, 1.54) is 0 Å². The van der Waals surface area contributed by atoms with E-state index in [1.54, 1.807) is 0 Å². The molecule has 0 heterocycles. The topological polar surface area (TPSA) is 65.9 Å². The zero-order valence-corrected chi connectivity index (χ0v) is 16.8. The molecule has 0 aliphatic carbocycles. The Labute approximate surface area is 166 Å². The Balaban J connectivity index is 0.00000312. The van der Waals surface area contributed by atoms with E-state index in [0.717, 1.165) is 29.4 Å². The second-order valence-corrected chi connectivity index (χ2v) is 5.21. The molecule has 0 bridgehead atoms. The lowest BCUT2D eigenvalue weighted by atomic mass is 10.1. The summed E-state index contributed by atoms with van der Waals surface area (Å²) in [5.41, 5.74) is 1.93. The van der Waals surface area contributed by atoms with Crippen LogP contribution in [0.15, 0.2) is 59.6 Å². The highest BCUT2D eigenvalue weighted by Crippen LogP contribution is 2.10. The lowest BCUT2D eigenvalue weighted by molar-refractivity contribution is 0.280. The Morgan fingerprint density at radius 3 is 2.36 bits per heavy atom. The first kappa shape index (κ1) is 21.2. The van der Waals surface area contributed by atoms with Crippen molar-refractivity contribution in [1.29, 1.82) is 0 Å². The van der Waals surface area contributed by atoms with E-state index in [1.807, 2.05) is 61.5 Å². The number of rotatable bonds is 8. The van der Waals surface area contributed by atoms with Crippen molar-refractivity contribution < 1.29 is 9.84 Å². The summed E-state index contributed by atoms with van der Waals surface area (Å²) in [5.74, 6) is 1.60. The van der Waals surface area contributed by atoms with Crippen molar-refractivity contribution in [3.8, 4) is 5.75 Å². The molecule has 25 heavy (non-hydrogen) atoms. The molecule has 0 atom stereocenters. The van der Waals surface area contributed by atoms with Gasteiger partial charge < -0.3 is 20.5 Å². The lowest BCUT2D eigenvalue weighted by Gasteiger charge is -2.12. The summed E-state index contributed by atoms with van der Waals surface area (Å²) in [7, 11) is 0. The average molecular weight is 455 g/mol. The lowest BCUT2D eigenvalue weighted by Crippen LogP contribution is -2.39. The molecule has 5 nitrogen and oxygen atoms in total. The summed E-state index contributed by atoms with van der Waals surface area (Å²) in [4.78, 5) is 4.56. The van der Waals surface area contributed by atoms with Gasteiger partial charge in [0.25, 0.3) is 0 Å². The van der Waals surface area contributed by atoms with Crippen LogP contribution in [-0.2, 0) is 13.2 Å². The van der Waals surface area contributed by atoms with Gasteiger partial charge in [-0.1, -0.05) is 42.5 Å². The van der Waals surface area contributed by atoms with Crippen LogP contribution in [-0.4, -0.2) is 30.8 Å². The van der Waals surface area contributed by atoms with E-state index in [-0.39, 0.29) is 30.6 Å². The molecule has 0 aliphatic rings. The molecular formula is C19H26IN3O2. The maximum absolute atomic E-state index is 9.37. The summed E-state index contributed by atoms with van der Waals surface area (Å²) >= 11 is 0. The van der Waals surface area contributed by atoms with Crippen LogP contribution >= 0.6 is 24.0 Å². The predicted octanol–water partition coefficient (Wildman–Crippen LogP) is 2.93. The number of aliphatic hydroxyl groups is 1. The van der Waals surface area contributed by atoms with Gasteiger partial charge in [0.05, 0.1) is 19.7 Å². The largest absolute Gasteiger partial charge is 0.492 e. The van der Waals surface area contributed by atoms with E-state index in [4.69, 9.17) is 4.74 Å². The van der Waals surface area contributed by atoms with Crippen LogP contribution in [0.5, 0.6) is 5.75 Å². The van der Waals surface area contributed by atoms with Gasteiger partial charge in [-0.15, -0.1) is 24.0 Å². The Bertz CT molecular complexity index is 636. The monoisotopic (exact) mass is 455 g/mol. The third-order valence-corrected chi connectivity index (χ3v) is 3.45. The zero-order valence-electron chi connectivity index (χ0n) is 14.4. The van der Waals surface area contributed by atoms with Crippen LogP contribution in [0, 0.1) is 0 Å². The highest BCUT2D eigenvalue weighted by Gasteiger charge is 2.01. The maximum Gasteiger partial charge on any atom is 0.191 e. The van der Waals surface area contributed by atoms with E-state index in [2.05, 4.69) is 15.6 Å². The molecule has 0 saturated carbocycles. The molecule has 0 unspecified atom stereocenters. The number of benzene rings is 2. The van der Waals surface area contributed by atoms with E-state index in [0.29, 0.717) is 19.7 Å². The summed E-state index contributed by atoms with van der Waals surface area (Å²) in [5, 5.41) is 15.8. The van der Waals surface area contributed by atoms with Crippen LogP contribution in [0.2, 0.25) is 0 Å². The molecule has 136 valence electrons. The van der Waals surface area contributed by atoms with E-state index >= 15 is 0 Å². The van der Waals surface area contributed by atoms with Crippen LogP contribution in [0.3, 0.4) is 0 Å². The fourth-order valence-corrected chi connectivity index (χ4v) is 2.23. The first-order valence-corrected chi connectivity index (χ1v) is 8.21. The fraction of sp³-hybridized carbons (Fsp3) is 0.316. The molecule has 0 spiro atoms. The molecule has 0 saturated heterocycles. The van der Waals surface area contributed by atoms with Gasteiger partial charge in [-0.05, 0) is 30.2 Å². The van der Waals surface area contributed by atoms with Crippen molar-refractivity contribution >= 4 is 29.9 Å². The minimum absolute atomic E-state index is 0. The molecule has 3 N–H and O–H groups in total. The van der Waals surface area contributed by atoms with Crippen LogP contribution in [0.25, 0.3) is 0 Å². The number of halogens is 1. The molecule has 2 aromatic rings. The van der Waals surface area contributed by atoms with Crippen molar-refractivity contribution in [2.45, 2.75) is 20.1 Å². The van der Waals surface area contributed by atoms with Gasteiger partial charge >= 0.3 is 0 Å². The quantitative estimate of drug-likeness (QED) is 0.248. The SMILES string of the molecule is CCNC(=NCc1ccccc1CO)NCCOc1ccccc1.I. The van der Waals surface area contributed by atoms with Gasteiger partial charge in [-0.3, -0.25) is 0 Å². The third-order valence-electron chi connectivity index (χ3n) is 3.45. The number of hydrogen-bond donors (Lipinski definition) is 3. The normalized spacial score (nSPS) is 10.7. The number of hydrogen-bond acceptors (Lipinski definition) is 3. The first-order chi connectivity index (χ1) is 11.8. The highest BCUT2D eigenvalue weighted by atomic mass is 127. The van der Waals surface area contributed by atoms with E-state index in [9.17, 15) is 5.11 Å². The number of para-hydroxylation sites is 1. The van der Waals surface area contributed by atoms with Gasteiger partial charge in [0.1, 0.15) is 12.4 Å². The summed E-state index contributed by atoms with van der Waals surface area (Å²) in [6, 6.07) is 17.5. The minimum Gasteiger partial charge on any atom is -0.492 e. The Hall–Kier alpha value is -1.80. The Morgan fingerprint density at radius 2 is 1.68 bits per heavy atom. The van der Waals surface area contributed by atoms with Crippen molar-refractivity contribution in [2.75, 3.05) is 19.7 Å². The number of ether oxygens (including phenoxy) is 1. The molecule has 6 heteroatoms. The van der Waals surface area contributed by atoms with Crippen molar-refractivity contribution in [1.82, 2.24) is 10.6 Å². The predicted molar refractivity (Wildman–Crippen MR) is 113 cm³/mol. The van der Waals surface area contributed by atoms with Crippen molar-refractivity contribution in [3.05, 3.63) is 65.7 Å². The van der Waals surface area contributed by atoms with E-state index < -0.39 is 0 Å². The maximum atomic E-state index is 9.37. The second kappa shape index (κ2) is 12.5. The summed E-state index contributed by atoms with van der Waals surface area (Å²) < 4.78 is 5.66. The number of nitrogens with one attached hydrogen (secondary N) is 2. The van der Waals surface area contributed by atoms with Crippen LogP contribution < -0.4 is 15.4 Å². The van der Waals surface area contributed by atoms with Gasteiger partial charge in [-0.25, -0.2) is 4.99 Å². The molecule has 0 fully saturated rings. The smallest absolute Gasteiger partial charge is 0.191 e. The summed E-state index contributed by atoms with van der Waals surface area (Å²) in [6.07, 6.45) is 0.